The van der Waals surface area contributed by atoms with E-state index in [-0.39, 0.29) is 25.5 Å². The molecule has 0 fully saturated rings. The maximum absolute atomic E-state index is 12.3. The van der Waals surface area contributed by atoms with E-state index in [1.54, 1.807) is 0 Å². The summed E-state index contributed by atoms with van der Waals surface area (Å²) >= 11 is 0. The Balaban J connectivity index is 1.55. The van der Waals surface area contributed by atoms with Crippen LogP contribution in [0.15, 0.2) is 48.5 Å². The van der Waals surface area contributed by atoms with E-state index in [1.165, 1.54) is 7.11 Å². The molecule has 0 spiro atoms. The fraction of sp³-hybridized carbons (Fsp3) is 0.348. The predicted octanol–water partition coefficient (Wildman–Crippen LogP) is 1.49. The number of fused-ring (bicyclic) bond motifs is 3. The van der Waals surface area contributed by atoms with Crippen LogP contribution in [0.5, 0.6) is 0 Å². The van der Waals surface area contributed by atoms with Gasteiger partial charge < -0.3 is 30.3 Å². The number of carboxylic acids is 1. The summed E-state index contributed by atoms with van der Waals surface area (Å²) in [6.45, 7) is -0.474. The minimum Gasteiger partial charge on any atom is -0.480 e. The van der Waals surface area contributed by atoms with Crippen molar-refractivity contribution in [1.82, 2.24) is 10.6 Å². The second-order valence-corrected chi connectivity index (χ2v) is 7.34. The van der Waals surface area contributed by atoms with E-state index in [1.807, 2.05) is 48.5 Å². The number of methoxy groups -OCH3 is 1. The number of carboxylic acid groups (broad SMARTS) is 1. The molecule has 0 heterocycles. The fourth-order valence-corrected chi connectivity index (χ4v) is 3.76. The third-order valence-electron chi connectivity index (χ3n) is 5.38. The lowest BCUT2D eigenvalue weighted by atomic mass is 9.98. The smallest absolute Gasteiger partial charge is 0.407 e. The molecule has 0 radical (unpaired) electrons. The molecule has 1 aliphatic carbocycles. The lowest BCUT2D eigenvalue weighted by Crippen LogP contribution is -2.49. The van der Waals surface area contributed by atoms with Crippen LogP contribution in [0.3, 0.4) is 0 Å². The molecule has 2 atom stereocenters. The molecule has 0 saturated carbocycles. The summed E-state index contributed by atoms with van der Waals surface area (Å²) in [6, 6.07) is 14.7. The first-order valence-corrected chi connectivity index (χ1v) is 10.2. The van der Waals surface area contributed by atoms with E-state index in [0.717, 1.165) is 22.3 Å². The van der Waals surface area contributed by atoms with Gasteiger partial charge in [0.15, 0.2) is 6.10 Å². The molecule has 2 aromatic carbocycles. The zero-order valence-electron chi connectivity index (χ0n) is 17.6. The number of ether oxygens (including phenoxy) is 2. The van der Waals surface area contributed by atoms with Gasteiger partial charge in [0.1, 0.15) is 12.6 Å². The molecular formula is C23H26N2O7. The predicted molar refractivity (Wildman–Crippen MR) is 115 cm³/mol. The monoisotopic (exact) mass is 442 g/mol. The van der Waals surface area contributed by atoms with Gasteiger partial charge in [0, 0.05) is 26.1 Å². The number of carbonyl (C=O) groups is 3. The van der Waals surface area contributed by atoms with Gasteiger partial charge in [0.05, 0.1) is 6.54 Å². The Morgan fingerprint density at radius 3 is 2.16 bits per heavy atom. The largest absolute Gasteiger partial charge is 0.480 e. The first kappa shape index (κ1) is 23.2. The molecular weight excluding hydrogens is 416 g/mol. The minimum atomic E-state index is -1.27. The number of aliphatic hydroxyl groups excluding tert-OH is 1. The number of amides is 2. The molecule has 2 amide bonds. The topological polar surface area (TPSA) is 134 Å². The van der Waals surface area contributed by atoms with E-state index >= 15 is 0 Å². The first-order chi connectivity index (χ1) is 15.5. The van der Waals surface area contributed by atoms with Crippen molar-refractivity contribution in [2.75, 3.05) is 26.9 Å². The van der Waals surface area contributed by atoms with Crippen LogP contribution >= 0.6 is 0 Å². The van der Waals surface area contributed by atoms with Gasteiger partial charge in [-0.1, -0.05) is 48.5 Å². The normalized spacial score (nSPS) is 14.1. The third kappa shape index (κ3) is 5.24. The molecule has 2 aromatic rings. The molecule has 3 rings (SSSR count). The second-order valence-electron chi connectivity index (χ2n) is 7.34. The molecule has 0 bridgehead atoms. The molecule has 32 heavy (non-hydrogen) atoms. The van der Waals surface area contributed by atoms with Gasteiger partial charge in [-0.2, -0.15) is 0 Å². The van der Waals surface area contributed by atoms with Crippen molar-refractivity contribution in [1.29, 1.82) is 0 Å². The molecule has 9 nitrogen and oxygen atoms in total. The van der Waals surface area contributed by atoms with Crippen molar-refractivity contribution in [2.45, 2.75) is 24.5 Å². The van der Waals surface area contributed by atoms with E-state index in [2.05, 4.69) is 10.6 Å². The van der Waals surface area contributed by atoms with Crippen LogP contribution in [-0.4, -0.2) is 67.2 Å². The van der Waals surface area contributed by atoms with Crippen molar-refractivity contribution < 1.29 is 34.1 Å². The van der Waals surface area contributed by atoms with Crippen LogP contribution in [0.1, 0.15) is 23.5 Å². The van der Waals surface area contributed by atoms with Crippen LogP contribution in [0.25, 0.3) is 11.1 Å². The molecule has 170 valence electrons. The SMILES string of the molecule is COC(CNC(=O)OCC1c2ccccc2-c2ccccc21)C(=O)N[C@H](CCO)C(=O)O. The number of benzene rings is 2. The number of hydrogen-bond donors (Lipinski definition) is 4. The Labute approximate surface area is 185 Å². The van der Waals surface area contributed by atoms with Gasteiger partial charge in [-0.05, 0) is 22.3 Å². The quantitative estimate of drug-likeness (QED) is 0.438. The standard InChI is InChI=1S/C23H26N2O7/c1-31-20(21(27)25-19(10-11-26)22(28)29)12-24-23(30)32-13-18-16-8-4-2-6-14(16)15-7-3-5-9-17(15)18/h2-9,18-20,26H,10-13H2,1H3,(H,24,30)(H,25,27)(H,28,29)/t19-,20?/m1/s1. The molecule has 0 aliphatic heterocycles. The summed E-state index contributed by atoms with van der Waals surface area (Å²) in [7, 11) is 1.27. The maximum Gasteiger partial charge on any atom is 0.407 e. The minimum absolute atomic E-state index is 0.0931. The van der Waals surface area contributed by atoms with E-state index < -0.39 is 36.7 Å². The summed E-state index contributed by atoms with van der Waals surface area (Å²) in [4.78, 5) is 35.6. The molecule has 9 heteroatoms. The number of nitrogens with one attached hydrogen (secondary N) is 2. The van der Waals surface area contributed by atoms with Crippen molar-refractivity contribution in [2.24, 2.45) is 0 Å². The average Bonchev–Trinajstić information content (AvgIpc) is 3.11. The molecule has 0 saturated heterocycles. The van der Waals surface area contributed by atoms with Crippen LogP contribution in [0.4, 0.5) is 4.79 Å². The van der Waals surface area contributed by atoms with Gasteiger partial charge in [0.25, 0.3) is 5.91 Å². The lowest BCUT2D eigenvalue weighted by Gasteiger charge is -2.20. The van der Waals surface area contributed by atoms with Gasteiger partial charge >= 0.3 is 12.1 Å². The zero-order chi connectivity index (χ0) is 23.1. The number of rotatable bonds is 10. The van der Waals surface area contributed by atoms with Crippen molar-refractivity contribution in [3.05, 3.63) is 59.7 Å². The first-order valence-electron chi connectivity index (χ1n) is 10.2. The molecule has 0 aromatic heterocycles. The van der Waals surface area contributed by atoms with Gasteiger partial charge in [0.2, 0.25) is 0 Å². The Hall–Kier alpha value is -3.43. The Morgan fingerprint density at radius 1 is 1.03 bits per heavy atom. The lowest BCUT2D eigenvalue weighted by molar-refractivity contribution is -0.144. The molecule has 4 N–H and O–H groups in total. The van der Waals surface area contributed by atoms with Crippen LogP contribution in [-0.2, 0) is 19.1 Å². The van der Waals surface area contributed by atoms with Crippen molar-refractivity contribution >= 4 is 18.0 Å². The third-order valence-corrected chi connectivity index (χ3v) is 5.38. The number of aliphatic carboxylic acids is 1. The summed E-state index contributed by atoms with van der Waals surface area (Å²) in [6.07, 6.45) is -1.97. The van der Waals surface area contributed by atoms with Gasteiger partial charge in [-0.25, -0.2) is 9.59 Å². The average molecular weight is 442 g/mol. The van der Waals surface area contributed by atoms with Crippen molar-refractivity contribution in [3.8, 4) is 11.1 Å². The van der Waals surface area contributed by atoms with Crippen LogP contribution in [0.2, 0.25) is 0 Å². The summed E-state index contributed by atoms with van der Waals surface area (Å²) in [5.41, 5.74) is 4.40. The Kier molecular flexibility index (Phi) is 7.80. The van der Waals surface area contributed by atoms with E-state index in [4.69, 9.17) is 19.7 Å². The highest BCUT2D eigenvalue weighted by molar-refractivity contribution is 5.87. The highest BCUT2D eigenvalue weighted by Crippen LogP contribution is 2.44. The number of carbonyl (C=O) groups excluding carboxylic acids is 2. The summed E-state index contributed by atoms with van der Waals surface area (Å²) in [5, 5.41) is 22.8. The van der Waals surface area contributed by atoms with Crippen LogP contribution in [0, 0.1) is 0 Å². The Bertz CT molecular complexity index is 933. The van der Waals surface area contributed by atoms with E-state index in [9.17, 15) is 14.4 Å². The molecule has 1 aliphatic rings. The van der Waals surface area contributed by atoms with Crippen molar-refractivity contribution in [3.63, 3.8) is 0 Å². The summed E-state index contributed by atoms with van der Waals surface area (Å²) in [5.74, 6) is -2.08. The second kappa shape index (κ2) is 10.7. The summed E-state index contributed by atoms with van der Waals surface area (Å²) < 4.78 is 10.5. The number of aliphatic hydroxyl groups is 1. The number of hydrogen-bond acceptors (Lipinski definition) is 6. The molecule has 1 unspecified atom stereocenters. The highest BCUT2D eigenvalue weighted by Gasteiger charge is 2.29. The van der Waals surface area contributed by atoms with Gasteiger partial charge in [-0.15, -0.1) is 0 Å². The highest BCUT2D eigenvalue weighted by atomic mass is 16.5. The maximum atomic E-state index is 12.3. The fourth-order valence-electron chi connectivity index (χ4n) is 3.76. The zero-order valence-corrected chi connectivity index (χ0v) is 17.6. The number of alkyl carbamates (subject to hydrolysis) is 1. The van der Waals surface area contributed by atoms with Gasteiger partial charge in [-0.3, -0.25) is 4.79 Å². The Morgan fingerprint density at radius 2 is 1.62 bits per heavy atom. The van der Waals surface area contributed by atoms with E-state index in [0.29, 0.717) is 0 Å². The van der Waals surface area contributed by atoms with Crippen LogP contribution < -0.4 is 10.6 Å².